The standard InChI is InChI=1S/C13H29NO/c1-11(2)7-8-12(14-5)9-10-13(3,4)15-6/h11-12,14H,7-10H2,1-6H3. The van der Waals surface area contributed by atoms with Gasteiger partial charge in [-0.1, -0.05) is 13.8 Å². The number of methoxy groups -OCH3 is 1. The van der Waals surface area contributed by atoms with Gasteiger partial charge >= 0.3 is 0 Å². The average molecular weight is 215 g/mol. The van der Waals surface area contributed by atoms with E-state index >= 15 is 0 Å². The molecule has 1 N–H and O–H groups in total. The highest BCUT2D eigenvalue weighted by Crippen LogP contribution is 2.19. The summed E-state index contributed by atoms with van der Waals surface area (Å²) in [5.41, 5.74) is 0.0208. The Morgan fingerprint density at radius 3 is 2.13 bits per heavy atom. The molecule has 2 nitrogen and oxygen atoms in total. The highest BCUT2D eigenvalue weighted by Gasteiger charge is 2.18. The van der Waals surface area contributed by atoms with E-state index in [9.17, 15) is 0 Å². The van der Waals surface area contributed by atoms with Gasteiger partial charge in [-0.15, -0.1) is 0 Å². The highest BCUT2D eigenvalue weighted by atomic mass is 16.5. The summed E-state index contributed by atoms with van der Waals surface area (Å²) in [6, 6.07) is 0.641. The Kier molecular flexibility index (Phi) is 7.20. The van der Waals surface area contributed by atoms with E-state index < -0.39 is 0 Å². The molecule has 1 atom stereocenters. The smallest absolute Gasteiger partial charge is 0.0623 e. The van der Waals surface area contributed by atoms with E-state index in [2.05, 4.69) is 40.1 Å². The van der Waals surface area contributed by atoms with Crippen LogP contribution in [0.5, 0.6) is 0 Å². The summed E-state index contributed by atoms with van der Waals surface area (Å²) in [4.78, 5) is 0. The maximum Gasteiger partial charge on any atom is 0.0623 e. The van der Waals surface area contributed by atoms with Crippen molar-refractivity contribution in [2.45, 2.75) is 65.0 Å². The lowest BCUT2D eigenvalue weighted by Gasteiger charge is -2.26. The molecule has 0 aliphatic carbocycles. The molecule has 0 aromatic rings. The predicted octanol–water partition coefficient (Wildman–Crippen LogP) is 3.22. The minimum absolute atomic E-state index is 0.0208. The van der Waals surface area contributed by atoms with E-state index in [0.29, 0.717) is 6.04 Å². The molecule has 0 aliphatic rings. The first-order chi connectivity index (χ1) is 6.91. The van der Waals surface area contributed by atoms with Crippen LogP contribution in [0.1, 0.15) is 53.4 Å². The molecule has 0 aromatic heterocycles. The Bertz CT molecular complexity index is 155. The van der Waals surface area contributed by atoms with E-state index in [1.807, 2.05) is 0 Å². The van der Waals surface area contributed by atoms with Crippen molar-refractivity contribution in [3.05, 3.63) is 0 Å². The summed E-state index contributed by atoms with van der Waals surface area (Å²) < 4.78 is 5.43. The van der Waals surface area contributed by atoms with Gasteiger partial charge in [0.2, 0.25) is 0 Å². The Morgan fingerprint density at radius 2 is 1.73 bits per heavy atom. The molecule has 0 rings (SSSR count). The second kappa shape index (κ2) is 7.24. The van der Waals surface area contributed by atoms with Crippen LogP contribution in [-0.4, -0.2) is 25.8 Å². The topological polar surface area (TPSA) is 21.3 Å². The molecule has 0 radical (unpaired) electrons. The van der Waals surface area contributed by atoms with Crippen LogP contribution in [0.15, 0.2) is 0 Å². The first-order valence-corrected chi connectivity index (χ1v) is 6.13. The molecule has 0 aromatic carbocycles. The van der Waals surface area contributed by atoms with Gasteiger partial charge in [0.15, 0.2) is 0 Å². The zero-order valence-electron chi connectivity index (χ0n) is 11.4. The van der Waals surface area contributed by atoms with Crippen molar-refractivity contribution >= 4 is 0 Å². The summed E-state index contributed by atoms with van der Waals surface area (Å²) >= 11 is 0. The van der Waals surface area contributed by atoms with Gasteiger partial charge in [-0.25, -0.2) is 0 Å². The van der Waals surface area contributed by atoms with Gasteiger partial charge in [-0.05, 0) is 52.5 Å². The normalized spacial score (nSPS) is 14.6. The van der Waals surface area contributed by atoms with Gasteiger partial charge in [0.25, 0.3) is 0 Å². The van der Waals surface area contributed by atoms with E-state index in [4.69, 9.17) is 4.74 Å². The number of ether oxygens (including phenoxy) is 1. The lowest BCUT2D eigenvalue weighted by atomic mass is 9.95. The van der Waals surface area contributed by atoms with Gasteiger partial charge < -0.3 is 10.1 Å². The van der Waals surface area contributed by atoms with E-state index in [1.165, 1.54) is 19.3 Å². The molecule has 0 saturated heterocycles. The van der Waals surface area contributed by atoms with Crippen LogP contribution in [0.4, 0.5) is 0 Å². The molecule has 0 fully saturated rings. The first-order valence-electron chi connectivity index (χ1n) is 6.13. The first kappa shape index (κ1) is 14.9. The molecule has 0 spiro atoms. The zero-order valence-corrected chi connectivity index (χ0v) is 11.4. The molecule has 0 bridgehead atoms. The van der Waals surface area contributed by atoms with Crippen molar-refractivity contribution in [1.82, 2.24) is 5.32 Å². The Hall–Kier alpha value is -0.0800. The summed E-state index contributed by atoms with van der Waals surface area (Å²) in [5.74, 6) is 0.802. The van der Waals surface area contributed by atoms with Crippen molar-refractivity contribution < 1.29 is 4.74 Å². The number of rotatable bonds is 8. The minimum Gasteiger partial charge on any atom is -0.379 e. The van der Waals surface area contributed by atoms with Gasteiger partial charge in [0.05, 0.1) is 5.60 Å². The molecule has 2 heteroatoms. The quantitative estimate of drug-likeness (QED) is 0.671. The predicted molar refractivity (Wildman–Crippen MR) is 67.2 cm³/mol. The summed E-state index contributed by atoms with van der Waals surface area (Å²) in [7, 11) is 3.85. The maximum absolute atomic E-state index is 5.43. The molecule has 0 amide bonds. The van der Waals surface area contributed by atoms with Crippen molar-refractivity contribution in [1.29, 1.82) is 0 Å². The van der Waals surface area contributed by atoms with Crippen molar-refractivity contribution in [2.75, 3.05) is 14.2 Å². The lowest BCUT2D eigenvalue weighted by molar-refractivity contribution is 0.0116. The summed E-state index contributed by atoms with van der Waals surface area (Å²) in [6.07, 6.45) is 4.89. The van der Waals surface area contributed by atoms with Crippen molar-refractivity contribution in [3.8, 4) is 0 Å². The van der Waals surface area contributed by atoms with Crippen LogP contribution in [-0.2, 0) is 4.74 Å². The third kappa shape index (κ3) is 7.80. The Labute approximate surface area is 95.8 Å². The molecule has 92 valence electrons. The van der Waals surface area contributed by atoms with Crippen LogP contribution in [0.25, 0.3) is 0 Å². The monoisotopic (exact) mass is 215 g/mol. The molecule has 15 heavy (non-hydrogen) atoms. The Morgan fingerprint density at radius 1 is 1.13 bits per heavy atom. The summed E-state index contributed by atoms with van der Waals surface area (Å²) in [6.45, 7) is 8.88. The molecule has 0 aliphatic heterocycles. The van der Waals surface area contributed by atoms with Crippen LogP contribution in [0.3, 0.4) is 0 Å². The third-order valence-electron chi connectivity index (χ3n) is 3.15. The number of nitrogens with one attached hydrogen (secondary N) is 1. The van der Waals surface area contributed by atoms with Crippen molar-refractivity contribution in [2.24, 2.45) is 5.92 Å². The lowest BCUT2D eigenvalue weighted by Crippen LogP contribution is -2.30. The average Bonchev–Trinajstić information content (AvgIpc) is 2.18. The molecular formula is C13H29NO. The second-order valence-corrected chi connectivity index (χ2v) is 5.46. The second-order valence-electron chi connectivity index (χ2n) is 5.46. The van der Waals surface area contributed by atoms with E-state index in [0.717, 1.165) is 12.3 Å². The molecule has 1 unspecified atom stereocenters. The maximum atomic E-state index is 5.43. The fraction of sp³-hybridized carbons (Fsp3) is 1.00. The number of hydrogen-bond acceptors (Lipinski definition) is 2. The minimum atomic E-state index is 0.0208. The van der Waals surface area contributed by atoms with E-state index in [1.54, 1.807) is 7.11 Å². The fourth-order valence-corrected chi connectivity index (χ4v) is 1.59. The van der Waals surface area contributed by atoms with Crippen LogP contribution >= 0.6 is 0 Å². The third-order valence-corrected chi connectivity index (χ3v) is 3.15. The van der Waals surface area contributed by atoms with E-state index in [-0.39, 0.29) is 5.60 Å². The SMILES string of the molecule is CNC(CCC(C)C)CCC(C)(C)OC. The van der Waals surface area contributed by atoms with Crippen LogP contribution in [0, 0.1) is 5.92 Å². The van der Waals surface area contributed by atoms with Gasteiger partial charge in [-0.2, -0.15) is 0 Å². The highest BCUT2D eigenvalue weighted by molar-refractivity contribution is 4.73. The van der Waals surface area contributed by atoms with Gasteiger partial charge in [0.1, 0.15) is 0 Å². The van der Waals surface area contributed by atoms with Crippen molar-refractivity contribution in [3.63, 3.8) is 0 Å². The molecule has 0 saturated carbocycles. The summed E-state index contributed by atoms with van der Waals surface area (Å²) in [5, 5.41) is 3.40. The largest absolute Gasteiger partial charge is 0.379 e. The van der Waals surface area contributed by atoms with Crippen LogP contribution < -0.4 is 5.32 Å². The molecule has 0 heterocycles. The Balaban J connectivity index is 3.79. The van der Waals surface area contributed by atoms with Crippen LogP contribution in [0.2, 0.25) is 0 Å². The fourth-order valence-electron chi connectivity index (χ4n) is 1.59. The number of hydrogen-bond donors (Lipinski definition) is 1. The van der Waals surface area contributed by atoms with Gasteiger partial charge in [-0.3, -0.25) is 0 Å². The molecular weight excluding hydrogens is 186 g/mol. The zero-order chi connectivity index (χ0) is 11.9. The van der Waals surface area contributed by atoms with Gasteiger partial charge in [0, 0.05) is 13.2 Å².